The van der Waals surface area contributed by atoms with Gasteiger partial charge in [-0.3, -0.25) is 14.4 Å². The number of hydrogen-bond donors (Lipinski definition) is 3. The highest BCUT2D eigenvalue weighted by Crippen LogP contribution is 2.13. The summed E-state index contributed by atoms with van der Waals surface area (Å²) in [5.41, 5.74) is -0.583. The van der Waals surface area contributed by atoms with Gasteiger partial charge in [0.2, 0.25) is 5.91 Å². The molecule has 0 aliphatic carbocycles. The van der Waals surface area contributed by atoms with Gasteiger partial charge in [-0.2, -0.15) is 0 Å². The molecule has 134 valence electrons. The van der Waals surface area contributed by atoms with Crippen molar-refractivity contribution in [3.63, 3.8) is 0 Å². The zero-order valence-electron chi connectivity index (χ0n) is 13.9. The number of pyridine rings is 1. The number of aromatic nitrogens is 2. The van der Waals surface area contributed by atoms with Gasteiger partial charge in [0.25, 0.3) is 11.5 Å². The molecule has 2 amide bonds. The van der Waals surface area contributed by atoms with Gasteiger partial charge in [0.1, 0.15) is 23.2 Å². The minimum absolute atomic E-state index is 0.180. The standard InChI is InChI=1S/C17H15FN4O4/c1-8-5-14(22-26-8)21-15(23)9(2)19-16(24)12-6-10-3-4-11(18)7-13(10)20-17(12)25/h3-7,9H,1-2H3,(H,19,24)(H,20,25)(H,21,22,23). The summed E-state index contributed by atoms with van der Waals surface area (Å²) >= 11 is 0. The van der Waals surface area contributed by atoms with E-state index < -0.39 is 29.2 Å². The first-order valence-corrected chi connectivity index (χ1v) is 7.71. The van der Waals surface area contributed by atoms with Crippen molar-refractivity contribution in [3.8, 4) is 0 Å². The summed E-state index contributed by atoms with van der Waals surface area (Å²) in [5, 5.41) is 9.04. The van der Waals surface area contributed by atoms with Gasteiger partial charge in [-0.1, -0.05) is 5.16 Å². The fourth-order valence-electron chi connectivity index (χ4n) is 2.34. The predicted molar refractivity (Wildman–Crippen MR) is 91.3 cm³/mol. The molecule has 2 aromatic heterocycles. The van der Waals surface area contributed by atoms with Gasteiger partial charge < -0.3 is 20.1 Å². The van der Waals surface area contributed by atoms with Crippen LogP contribution in [0.4, 0.5) is 10.2 Å². The fraction of sp³-hybridized carbons (Fsp3) is 0.176. The summed E-state index contributed by atoms with van der Waals surface area (Å²) in [6.45, 7) is 3.14. The molecule has 0 radical (unpaired) electrons. The summed E-state index contributed by atoms with van der Waals surface area (Å²) in [6.07, 6.45) is 0. The Hall–Kier alpha value is -3.49. The van der Waals surface area contributed by atoms with Crippen LogP contribution in [0.1, 0.15) is 23.0 Å². The molecular formula is C17H15FN4O4. The molecule has 1 unspecified atom stereocenters. The molecule has 2 heterocycles. The van der Waals surface area contributed by atoms with Crippen LogP contribution in [0.2, 0.25) is 0 Å². The van der Waals surface area contributed by atoms with Crippen LogP contribution in [0.3, 0.4) is 0 Å². The minimum Gasteiger partial charge on any atom is -0.360 e. The van der Waals surface area contributed by atoms with Gasteiger partial charge in [0.15, 0.2) is 5.82 Å². The van der Waals surface area contributed by atoms with Crippen molar-refractivity contribution in [1.82, 2.24) is 15.5 Å². The van der Waals surface area contributed by atoms with Crippen LogP contribution in [0.15, 0.2) is 39.6 Å². The van der Waals surface area contributed by atoms with Crippen LogP contribution in [0.5, 0.6) is 0 Å². The number of nitrogens with zero attached hydrogens (tertiary/aromatic N) is 1. The Kier molecular flexibility index (Phi) is 4.53. The average molecular weight is 358 g/mol. The Morgan fingerprint density at radius 2 is 2.04 bits per heavy atom. The molecule has 0 fully saturated rings. The first-order chi connectivity index (χ1) is 12.3. The highest BCUT2D eigenvalue weighted by atomic mass is 19.1. The Morgan fingerprint density at radius 1 is 1.27 bits per heavy atom. The largest absolute Gasteiger partial charge is 0.360 e. The highest BCUT2D eigenvalue weighted by molar-refractivity contribution is 6.01. The molecule has 3 aromatic rings. The molecule has 0 aliphatic heterocycles. The monoisotopic (exact) mass is 358 g/mol. The molecule has 0 bridgehead atoms. The first kappa shape index (κ1) is 17.3. The van der Waals surface area contributed by atoms with Crippen molar-refractivity contribution < 1.29 is 18.5 Å². The number of nitrogens with one attached hydrogen (secondary N) is 3. The maximum atomic E-state index is 13.2. The van der Waals surface area contributed by atoms with Crippen molar-refractivity contribution in [2.75, 3.05) is 5.32 Å². The van der Waals surface area contributed by atoms with E-state index in [1.54, 1.807) is 6.92 Å². The van der Waals surface area contributed by atoms with E-state index in [1.807, 2.05) is 0 Å². The fourth-order valence-corrected chi connectivity index (χ4v) is 2.34. The molecule has 1 aromatic carbocycles. The van der Waals surface area contributed by atoms with E-state index in [-0.39, 0.29) is 16.9 Å². The van der Waals surface area contributed by atoms with Crippen LogP contribution >= 0.6 is 0 Å². The predicted octanol–water partition coefficient (Wildman–Crippen LogP) is 1.72. The van der Waals surface area contributed by atoms with Crippen molar-refractivity contribution in [3.05, 3.63) is 57.8 Å². The molecule has 3 N–H and O–H groups in total. The summed E-state index contributed by atoms with van der Waals surface area (Å²) in [5.74, 6) is -1.00. The van der Waals surface area contributed by atoms with E-state index in [9.17, 15) is 18.8 Å². The third-order valence-corrected chi connectivity index (χ3v) is 3.67. The molecule has 0 saturated carbocycles. The van der Waals surface area contributed by atoms with E-state index in [2.05, 4.69) is 20.8 Å². The Morgan fingerprint density at radius 3 is 2.73 bits per heavy atom. The van der Waals surface area contributed by atoms with Crippen molar-refractivity contribution >= 4 is 28.5 Å². The molecule has 3 rings (SSSR count). The molecule has 8 nitrogen and oxygen atoms in total. The maximum absolute atomic E-state index is 13.2. The second-order valence-electron chi connectivity index (χ2n) is 5.75. The van der Waals surface area contributed by atoms with Crippen molar-refractivity contribution in [2.24, 2.45) is 0 Å². The second kappa shape index (κ2) is 6.79. The molecule has 9 heteroatoms. The van der Waals surface area contributed by atoms with Crippen LogP contribution < -0.4 is 16.2 Å². The van der Waals surface area contributed by atoms with Crippen LogP contribution in [-0.2, 0) is 4.79 Å². The Balaban J connectivity index is 1.75. The summed E-state index contributed by atoms with van der Waals surface area (Å²) in [4.78, 5) is 38.9. The third kappa shape index (κ3) is 3.61. The number of rotatable bonds is 4. The van der Waals surface area contributed by atoms with Gasteiger partial charge in [0, 0.05) is 6.07 Å². The van der Waals surface area contributed by atoms with Crippen LogP contribution in [-0.4, -0.2) is 28.0 Å². The number of amides is 2. The Labute approximate surface area is 146 Å². The summed E-state index contributed by atoms with van der Waals surface area (Å²) in [6, 6.07) is 5.77. The molecule has 1 atom stereocenters. The van der Waals surface area contributed by atoms with E-state index in [4.69, 9.17) is 4.52 Å². The number of hydrogen-bond acceptors (Lipinski definition) is 5. The number of aromatic amines is 1. The van der Waals surface area contributed by atoms with Crippen molar-refractivity contribution in [2.45, 2.75) is 19.9 Å². The smallest absolute Gasteiger partial charge is 0.261 e. The first-order valence-electron chi connectivity index (χ1n) is 7.71. The third-order valence-electron chi connectivity index (χ3n) is 3.67. The molecule has 0 spiro atoms. The summed E-state index contributed by atoms with van der Waals surface area (Å²) < 4.78 is 18.0. The van der Waals surface area contributed by atoms with Crippen molar-refractivity contribution in [1.29, 1.82) is 0 Å². The second-order valence-corrected chi connectivity index (χ2v) is 5.75. The van der Waals surface area contributed by atoms with E-state index in [0.29, 0.717) is 11.1 Å². The number of halogens is 1. The van der Waals surface area contributed by atoms with Gasteiger partial charge >= 0.3 is 0 Å². The maximum Gasteiger partial charge on any atom is 0.261 e. The molecule has 0 aliphatic rings. The number of fused-ring (bicyclic) bond motifs is 1. The lowest BCUT2D eigenvalue weighted by atomic mass is 10.1. The van der Waals surface area contributed by atoms with Gasteiger partial charge in [-0.15, -0.1) is 0 Å². The topological polar surface area (TPSA) is 117 Å². The molecule has 0 saturated heterocycles. The SMILES string of the molecule is Cc1cc(NC(=O)C(C)NC(=O)c2cc3ccc(F)cc3[nH]c2=O)no1. The van der Waals surface area contributed by atoms with Gasteiger partial charge in [-0.05, 0) is 43.5 Å². The highest BCUT2D eigenvalue weighted by Gasteiger charge is 2.20. The molecular weight excluding hydrogens is 343 g/mol. The summed E-state index contributed by atoms with van der Waals surface area (Å²) in [7, 11) is 0. The van der Waals surface area contributed by atoms with E-state index in [1.165, 1.54) is 31.2 Å². The number of aryl methyl sites for hydroxylation is 1. The zero-order valence-corrected chi connectivity index (χ0v) is 13.9. The lowest BCUT2D eigenvalue weighted by Crippen LogP contribution is -2.43. The number of anilines is 1. The minimum atomic E-state index is -0.928. The quantitative estimate of drug-likeness (QED) is 0.656. The molecule has 26 heavy (non-hydrogen) atoms. The van der Waals surface area contributed by atoms with E-state index in [0.717, 1.165) is 6.07 Å². The van der Waals surface area contributed by atoms with Gasteiger partial charge in [-0.25, -0.2) is 4.39 Å². The normalized spacial score (nSPS) is 12.0. The average Bonchev–Trinajstić information content (AvgIpc) is 2.98. The van der Waals surface area contributed by atoms with Crippen LogP contribution in [0, 0.1) is 12.7 Å². The lowest BCUT2D eigenvalue weighted by molar-refractivity contribution is -0.117. The van der Waals surface area contributed by atoms with Crippen LogP contribution in [0.25, 0.3) is 10.9 Å². The lowest BCUT2D eigenvalue weighted by Gasteiger charge is -2.13. The number of benzene rings is 1. The Bertz CT molecular complexity index is 1060. The number of carbonyl (C=O) groups excluding carboxylic acids is 2. The van der Waals surface area contributed by atoms with Gasteiger partial charge in [0.05, 0.1) is 5.52 Å². The van der Waals surface area contributed by atoms with E-state index >= 15 is 0 Å². The number of carbonyl (C=O) groups is 2. The number of H-pyrrole nitrogens is 1. The zero-order chi connectivity index (χ0) is 18.8.